The van der Waals surface area contributed by atoms with Crippen LogP contribution in [-0.4, -0.2) is 22.5 Å². The lowest BCUT2D eigenvalue weighted by atomic mass is 10.0. The first kappa shape index (κ1) is 16.8. The van der Waals surface area contributed by atoms with Gasteiger partial charge in [0.15, 0.2) is 0 Å². The molecule has 4 nitrogen and oxygen atoms in total. The summed E-state index contributed by atoms with van der Waals surface area (Å²) in [4.78, 5) is 16.3. The average Bonchev–Trinajstić information content (AvgIpc) is 2.66. The Morgan fingerprint density at radius 1 is 1.08 bits per heavy atom. The van der Waals surface area contributed by atoms with E-state index in [1.165, 1.54) is 12.1 Å². The summed E-state index contributed by atoms with van der Waals surface area (Å²) >= 11 is 0. The number of carbonyl (C=O) groups is 1. The van der Waals surface area contributed by atoms with E-state index in [1.807, 2.05) is 6.07 Å². The number of benzene rings is 2. The molecule has 0 unspecified atom stereocenters. The molecule has 0 fully saturated rings. The van der Waals surface area contributed by atoms with Crippen LogP contribution in [0.1, 0.15) is 22.0 Å². The second kappa shape index (κ2) is 7.68. The highest BCUT2D eigenvalue weighted by atomic mass is 19.1. The van der Waals surface area contributed by atoms with Crippen molar-refractivity contribution >= 4 is 5.91 Å². The fourth-order valence-electron chi connectivity index (χ4n) is 2.49. The molecule has 0 aliphatic carbocycles. The first-order chi connectivity index (χ1) is 12.1. The largest absolute Gasteiger partial charge is 0.387 e. The Morgan fingerprint density at radius 3 is 2.56 bits per heavy atom. The van der Waals surface area contributed by atoms with Crippen molar-refractivity contribution in [2.24, 2.45) is 0 Å². The van der Waals surface area contributed by atoms with Crippen LogP contribution in [0, 0.1) is 5.82 Å². The Balaban J connectivity index is 1.69. The van der Waals surface area contributed by atoms with Gasteiger partial charge >= 0.3 is 0 Å². The van der Waals surface area contributed by atoms with E-state index in [2.05, 4.69) is 10.3 Å². The third kappa shape index (κ3) is 4.28. The quantitative estimate of drug-likeness (QED) is 0.751. The minimum atomic E-state index is -0.830. The molecule has 0 aliphatic rings. The van der Waals surface area contributed by atoms with Crippen LogP contribution in [0.3, 0.4) is 0 Å². The highest BCUT2D eigenvalue weighted by molar-refractivity contribution is 5.95. The van der Waals surface area contributed by atoms with Gasteiger partial charge in [-0.2, -0.15) is 0 Å². The Morgan fingerprint density at radius 2 is 1.84 bits per heavy atom. The second-order valence-electron chi connectivity index (χ2n) is 5.60. The van der Waals surface area contributed by atoms with Crippen LogP contribution in [-0.2, 0) is 0 Å². The standard InChI is InChI=1S/C20H17FN2O2/c21-18-8-2-5-15(11-18)14-4-1-6-16(10-14)20(25)23-13-19(24)17-7-3-9-22-12-17/h1-12,19,24H,13H2,(H,23,25)/t19-/m0/s1. The topological polar surface area (TPSA) is 62.2 Å². The monoisotopic (exact) mass is 336 g/mol. The summed E-state index contributed by atoms with van der Waals surface area (Å²) in [5.41, 5.74) is 2.53. The summed E-state index contributed by atoms with van der Waals surface area (Å²) < 4.78 is 13.4. The minimum Gasteiger partial charge on any atom is -0.387 e. The zero-order valence-corrected chi connectivity index (χ0v) is 13.4. The molecule has 1 aromatic heterocycles. The van der Waals surface area contributed by atoms with Gasteiger partial charge in [0, 0.05) is 30.1 Å². The van der Waals surface area contributed by atoms with Gasteiger partial charge in [-0.05, 0) is 41.5 Å². The van der Waals surface area contributed by atoms with Crippen molar-refractivity contribution in [1.29, 1.82) is 0 Å². The highest BCUT2D eigenvalue weighted by Crippen LogP contribution is 2.21. The summed E-state index contributed by atoms with van der Waals surface area (Å²) in [5.74, 6) is -0.631. The maximum Gasteiger partial charge on any atom is 0.251 e. The molecule has 0 spiro atoms. The fourth-order valence-corrected chi connectivity index (χ4v) is 2.49. The number of amides is 1. The minimum absolute atomic E-state index is 0.0781. The Labute approximate surface area is 145 Å². The predicted molar refractivity (Wildman–Crippen MR) is 93.4 cm³/mol. The molecule has 126 valence electrons. The van der Waals surface area contributed by atoms with Gasteiger partial charge < -0.3 is 10.4 Å². The van der Waals surface area contributed by atoms with Crippen molar-refractivity contribution in [3.8, 4) is 11.1 Å². The van der Waals surface area contributed by atoms with Crippen LogP contribution in [0.15, 0.2) is 73.1 Å². The maximum absolute atomic E-state index is 13.4. The first-order valence-corrected chi connectivity index (χ1v) is 7.85. The number of hydrogen-bond acceptors (Lipinski definition) is 3. The number of rotatable bonds is 5. The van der Waals surface area contributed by atoms with Gasteiger partial charge in [-0.3, -0.25) is 9.78 Å². The van der Waals surface area contributed by atoms with Gasteiger partial charge in [0.05, 0.1) is 6.10 Å². The SMILES string of the molecule is O=C(NC[C@H](O)c1cccnc1)c1cccc(-c2cccc(F)c2)c1. The molecule has 0 saturated carbocycles. The molecular formula is C20H17FN2O2. The fraction of sp³-hybridized carbons (Fsp3) is 0.100. The molecule has 1 heterocycles. The van der Waals surface area contributed by atoms with E-state index in [1.54, 1.807) is 54.9 Å². The van der Waals surface area contributed by atoms with E-state index in [0.717, 1.165) is 5.56 Å². The van der Waals surface area contributed by atoms with Crippen LogP contribution < -0.4 is 5.32 Å². The molecule has 0 aliphatic heterocycles. The number of aliphatic hydroxyl groups is 1. The zero-order chi connectivity index (χ0) is 17.6. The molecule has 3 aromatic rings. The molecule has 25 heavy (non-hydrogen) atoms. The predicted octanol–water partition coefficient (Wildman–Crippen LogP) is 3.35. The summed E-state index contributed by atoms with van der Waals surface area (Å²) in [6.07, 6.45) is 2.35. The number of halogens is 1. The number of carbonyl (C=O) groups excluding carboxylic acids is 1. The van der Waals surface area contributed by atoms with Gasteiger partial charge in [-0.1, -0.05) is 30.3 Å². The summed E-state index contributed by atoms with van der Waals surface area (Å²) in [5, 5.41) is 12.8. The van der Waals surface area contributed by atoms with Gasteiger partial charge in [0.2, 0.25) is 0 Å². The summed E-state index contributed by atoms with van der Waals surface area (Å²) in [7, 11) is 0. The number of nitrogens with one attached hydrogen (secondary N) is 1. The van der Waals surface area contributed by atoms with Crippen molar-refractivity contribution in [1.82, 2.24) is 10.3 Å². The van der Waals surface area contributed by atoms with Gasteiger partial charge in [-0.15, -0.1) is 0 Å². The van der Waals surface area contributed by atoms with E-state index >= 15 is 0 Å². The zero-order valence-electron chi connectivity index (χ0n) is 13.4. The van der Waals surface area contributed by atoms with Gasteiger partial charge in [0.1, 0.15) is 5.82 Å². The van der Waals surface area contributed by atoms with Gasteiger partial charge in [-0.25, -0.2) is 4.39 Å². The Bertz CT molecular complexity index is 868. The van der Waals surface area contributed by atoms with Crippen molar-refractivity contribution < 1.29 is 14.3 Å². The molecule has 3 rings (SSSR count). The molecule has 2 aromatic carbocycles. The van der Waals surface area contributed by atoms with Crippen LogP contribution in [0.2, 0.25) is 0 Å². The molecular weight excluding hydrogens is 319 g/mol. The summed E-state index contributed by atoms with van der Waals surface area (Å²) in [6.45, 7) is 0.0781. The Kier molecular flexibility index (Phi) is 5.16. The van der Waals surface area contributed by atoms with Crippen LogP contribution in [0.4, 0.5) is 4.39 Å². The van der Waals surface area contributed by atoms with E-state index in [-0.39, 0.29) is 18.3 Å². The third-order valence-corrected chi connectivity index (χ3v) is 3.81. The molecule has 0 saturated heterocycles. The Hall–Kier alpha value is -3.05. The number of nitrogens with zero attached hydrogens (tertiary/aromatic N) is 1. The van der Waals surface area contributed by atoms with Crippen molar-refractivity contribution in [3.05, 3.63) is 90.0 Å². The smallest absolute Gasteiger partial charge is 0.251 e. The molecule has 1 atom stereocenters. The van der Waals surface area contributed by atoms with Crippen molar-refractivity contribution in [2.75, 3.05) is 6.54 Å². The van der Waals surface area contributed by atoms with E-state index in [4.69, 9.17) is 0 Å². The van der Waals surface area contributed by atoms with Crippen LogP contribution in [0.5, 0.6) is 0 Å². The van der Waals surface area contributed by atoms with Gasteiger partial charge in [0.25, 0.3) is 5.91 Å². The lowest BCUT2D eigenvalue weighted by molar-refractivity contribution is 0.0916. The summed E-state index contributed by atoms with van der Waals surface area (Å²) in [6, 6.07) is 16.6. The van der Waals surface area contributed by atoms with Crippen molar-refractivity contribution in [2.45, 2.75) is 6.10 Å². The number of aliphatic hydroxyl groups excluding tert-OH is 1. The lowest BCUT2D eigenvalue weighted by Gasteiger charge is -2.12. The normalized spacial score (nSPS) is 11.8. The van der Waals surface area contributed by atoms with Crippen molar-refractivity contribution in [3.63, 3.8) is 0 Å². The van der Waals surface area contributed by atoms with E-state index in [0.29, 0.717) is 16.7 Å². The first-order valence-electron chi connectivity index (χ1n) is 7.85. The number of aromatic nitrogens is 1. The molecule has 0 radical (unpaired) electrons. The van der Waals surface area contributed by atoms with E-state index < -0.39 is 6.10 Å². The molecule has 1 amide bonds. The molecule has 5 heteroatoms. The second-order valence-corrected chi connectivity index (χ2v) is 5.60. The van der Waals surface area contributed by atoms with Crippen LogP contribution in [0.25, 0.3) is 11.1 Å². The number of pyridine rings is 1. The van der Waals surface area contributed by atoms with E-state index in [9.17, 15) is 14.3 Å². The highest BCUT2D eigenvalue weighted by Gasteiger charge is 2.11. The molecule has 0 bridgehead atoms. The third-order valence-electron chi connectivity index (χ3n) is 3.81. The molecule has 2 N–H and O–H groups in total. The van der Waals surface area contributed by atoms with Crippen LogP contribution >= 0.6 is 0 Å². The average molecular weight is 336 g/mol. The maximum atomic E-state index is 13.4. The lowest BCUT2D eigenvalue weighted by Crippen LogP contribution is -2.28. The number of hydrogen-bond donors (Lipinski definition) is 2.